The van der Waals surface area contributed by atoms with E-state index in [9.17, 15) is 0 Å². The van der Waals surface area contributed by atoms with Crippen LogP contribution in [0.15, 0.2) is 0 Å². The molecule has 8 heavy (non-hydrogen) atoms. The third-order valence-electron chi connectivity index (χ3n) is 2.07. The molecule has 1 saturated carbocycles. The second kappa shape index (κ2) is 1.71. The lowest BCUT2D eigenvalue weighted by molar-refractivity contribution is 0.246. The number of rotatable bonds is 2. The Hall–Kier alpha value is -0.0800. The first-order valence-corrected chi connectivity index (χ1v) is 3.12. The van der Waals surface area contributed by atoms with Gasteiger partial charge in [-0.15, -0.1) is 0 Å². The number of nitrogens with two attached hydrogens (primary N) is 1. The van der Waals surface area contributed by atoms with Crippen molar-refractivity contribution >= 4 is 0 Å². The quantitative estimate of drug-likeness (QED) is 0.536. The highest BCUT2D eigenvalue weighted by atomic mass is 16.3. The maximum atomic E-state index is 8.64. The van der Waals surface area contributed by atoms with E-state index >= 15 is 0 Å². The van der Waals surface area contributed by atoms with Gasteiger partial charge in [0.15, 0.2) is 0 Å². The van der Waals surface area contributed by atoms with Crippen LogP contribution in [0.3, 0.4) is 0 Å². The maximum absolute atomic E-state index is 8.64. The minimum Gasteiger partial charge on any atom is -0.394 e. The van der Waals surface area contributed by atoms with Crippen LogP contribution in [0.5, 0.6) is 0 Å². The van der Waals surface area contributed by atoms with Crippen LogP contribution in [0.4, 0.5) is 0 Å². The Morgan fingerprint density at radius 3 is 2.62 bits per heavy atom. The van der Waals surface area contributed by atoms with Gasteiger partial charge in [-0.2, -0.15) is 0 Å². The molecule has 2 atom stereocenters. The van der Waals surface area contributed by atoms with E-state index in [0.717, 1.165) is 12.8 Å². The van der Waals surface area contributed by atoms with Gasteiger partial charge in [-0.1, -0.05) is 13.3 Å². The van der Waals surface area contributed by atoms with Crippen molar-refractivity contribution in [2.45, 2.75) is 25.3 Å². The molecular formula is C6H13NO. The monoisotopic (exact) mass is 115 g/mol. The van der Waals surface area contributed by atoms with E-state index in [1.54, 1.807) is 0 Å². The van der Waals surface area contributed by atoms with Crippen molar-refractivity contribution in [3.05, 3.63) is 0 Å². The second-order valence-corrected chi connectivity index (χ2v) is 2.70. The summed E-state index contributed by atoms with van der Waals surface area (Å²) in [7, 11) is 0. The Morgan fingerprint density at radius 1 is 1.88 bits per heavy atom. The minimum absolute atomic E-state index is 0.158. The van der Waals surface area contributed by atoms with Gasteiger partial charge in [0.1, 0.15) is 0 Å². The molecule has 2 unspecified atom stereocenters. The molecular weight excluding hydrogens is 102 g/mol. The van der Waals surface area contributed by atoms with Gasteiger partial charge in [-0.25, -0.2) is 0 Å². The van der Waals surface area contributed by atoms with Gasteiger partial charge in [-0.3, -0.25) is 0 Å². The molecule has 0 aromatic rings. The molecule has 0 saturated heterocycles. The second-order valence-electron chi connectivity index (χ2n) is 2.70. The van der Waals surface area contributed by atoms with Gasteiger partial charge in [0.25, 0.3) is 0 Å². The zero-order valence-corrected chi connectivity index (χ0v) is 5.22. The van der Waals surface area contributed by atoms with Crippen molar-refractivity contribution in [1.82, 2.24) is 0 Å². The van der Waals surface area contributed by atoms with Crippen LogP contribution >= 0.6 is 0 Å². The fourth-order valence-corrected chi connectivity index (χ4v) is 1.14. The van der Waals surface area contributed by atoms with E-state index in [1.807, 2.05) is 0 Å². The summed E-state index contributed by atoms with van der Waals surface area (Å²) in [4.78, 5) is 0. The Balaban J connectivity index is 2.31. The van der Waals surface area contributed by atoms with Gasteiger partial charge in [-0.05, 0) is 12.3 Å². The summed E-state index contributed by atoms with van der Waals surface area (Å²) in [6.45, 7) is 2.26. The van der Waals surface area contributed by atoms with Crippen LogP contribution < -0.4 is 5.73 Å². The fraction of sp³-hybridized carbons (Fsp3) is 1.00. The number of hydrogen-bond acceptors (Lipinski definition) is 2. The van der Waals surface area contributed by atoms with Crippen molar-refractivity contribution in [1.29, 1.82) is 0 Å². The van der Waals surface area contributed by atoms with E-state index < -0.39 is 0 Å². The Labute approximate surface area is 49.7 Å². The van der Waals surface area contributed by atoms with Crippen molar-refractivity contribution in [3.63, 3.8) is 0 Å². The first-order valence-electron chi connectivity index (χ1n) is 3.12. The minimum atomic E-state index is -0.186. The molecule has 2 heteroatoms. The van der Waals surface area contributed by atoms with Gasteiger partial charge in [0.05, 0.1) is 6.61 Å². The van der Waals surface area contributed by atoms with E-state index in [0.29, 0.717) is 5.92 Å². The van der Waals surface area contributed by atoms with Crippen molar-refractivity contribution < 1.29 is 5.11 Å². The standard InChI is InChI=1S/C6H13NO/c1-2-5-3-6(5,7)4-8/h5,8H,2-4,7H2,1H3. The summed E-state index contributed by atoms with van der Waals surface area (Å²) in [6, 6.07) is 0. The summed E-state index contributed by atoms with van der Waals surface area (Å²) >= 11 is 0. The topological polar surface area (TPSA) is 46.2 Å². The maximum Gasteiger partial charge on any atom is 0.0614 e. The molecule has 0 aliphatic heterocycles. The summed E-state index contributed by atoms with van der Waals surface area (Å²) in [5, 5.41) is 8.64. The molecule has 0 bridgehead atoms. The summed E-state index contributed by atoms with van der Waals surface area (Å²) in [6.07, 6.45) is 2.12. The van der Waals surface area contributed by atoms with Crippen LogP contribution in [-0.4, -0.2) is 17.3 Å². The van der Waals surface area contributed by atoms with E-state index in [4.69, 9.17) is 10.8 Å². The van der Waals surface area contributed by atoms with Gasteiger partial charge in [0.2, 0.25) is 0 Å². The SMILES string of the molecule is CCC1CC1(N)CO. The highest BCUT2D eigenvalue weighted by Crippen LogP contribution is 2.42. The van der Waals surface area contributed by atoms with Gasteiger partial charge in [0, 0.05) is 5.54 Å². The van der Waals surface area contributed by atoms with Crippen molar-refractivity contribution in [3.8, 4) is 0 Å². The van der Waals surface area contributed by atoms with Crippen molar-refractivity contribution in [2.24, 2.45) is 11.7 Å². The van der Waals surface area contributed by atoms with Crippen molar-refractivity contribution in [2.75, 3.05) is 6.61 Å². The molecule has 0 amide bonds. The molecule has 3 N–H and O–H groups in total. The fourth-order valence-electron chi connectivity index (χ4n) is 1.14. The van der Waals surface area contributed by atoms with Gasteiger partial charge >= 0.3 is 0 Å². The van der Waals surface area contributed by atoms with Crippen LogP contribution in [0.1, 0.15) is 19.8 Å². The molecule has 0 spiro atoms. The summed E-state index contributed by atoms with van der Waals surface area (Å²) < 4.78 is 0. The van der Waals surface area contributed by atoms with Crippen LogP contribution in [0, 0.1) is 5.92 Å². The summed E-state index contributed by atoms with van der Waals surface area (Å²) in [5.74, 6) is 0.590. The lowest BCUT2D eigenvalue weighted by atomic mass is 10.2. The Kier molecular flexibility index (Phi) is 1.29. The molecule has 1 aliphatic carbocycles. The number of aliphatic hydroxyl groups is 1. The zero-order valence-electron chi connectivity index (χ0n) is 5.22. The average Bonchev–Trinajstić information content (AvgIpc) is 2.44. The molecule has 0 heterocycles. The molecule has 0 radical (unpaired) electrons. The Bertz CT molecular complexity index is 94.5. The predicted octanol–water partition coefficient (Wildman–Crippen LogP) is 0.106. The lowest BCUT2D eigenvalue weighted by Crippen LogP contribution is -2.29. The zero-order chi connectivity index (χ0) is 6.20. The molecule has 0 aromatic carbocycles. The highest BCUT2D eigenvalue weighted by molar-refractivity contribution is 5.06. The molecule has 48 valence electrons. The third kappa shape index (κ3) is 0.740. The van der Waals surface area contributed by atoms with E-state index in [2.05, 4.69) is 6.92 Å². The first-order chi connectivity index (χ1) is 3.73. The third-order valence-corrected chi connectivity index (χ3v) is 2.07. The smallest absolute Gasteiger partial charge is 0.0614 e. The van der Waals surface area contributed by atoms with Gasteiger partial charge < -0.3 is 10.8 Å². The molecule has 0 aromatic heterocycles. The molecule has 1 aliphatic rings. The predicted molar refractivity (Wildman–Crippen MR) is 32.4 cm³/mol. The highest BCUT2D eigenvalue weighted by Gasteiger charge is 2.48. The lowest BCUT2D eigenvalue weighted by Gasteiger charge is -2.03. The summed E-state index contributed by atoms with van der Waals surface area (Å²) in [5.41, 5.74) is 5.46. The molecule has 2 nitrogen and oxygen atoms in total. The average molecular weight is 115 g/mol. The Morgan fingerprint density at radius 2 is 2.50 bits per heavy atom. The normalized spacial score (nSPS) is 44.6. The molecule has 1 rings (SSSR count). The molecule has 1 fully saturated rings. The van der Waals surface area contributed by atoms with Crippen LogP contribution in [0.25, 0.3) is 0 Å². The number of hydrogen-bond donors (Lipinski definition) is 2. The first kappa shape index (κ1) is 6.05. The van der Waals surface area contributed by atoms with Crippen LogP contribution in [-0.2, 0) is 0 Å². The van der Waals surface area contributed by atoms with Crippen LogP contribution in [0.2, 0.25) is 0 Å². The number of aliphatic hydroxyl groups excluding tert-OH is 1. The van der Waals surface area contributed by atoms with E-state index in [-0.39, 0.29) is 12.1 Å². The largest absolute Gasteiger partial charge is 0.394 e. The van der Waals surface area contributed by atoms with E-state index in [1.165, 1.54) is 0 Å².